The third-order valence-electron chi connectivity index (χ3n) is 4.36. The van der Waals surface area contributed by atoms with Crippen molar-refractivity contribution in [2.45, 2.75) is 6.92 Å². The number of aryl methyl sites for hydroxylation is 1. The first kappa shape index (κ1) is 16.7. The fourth-order valence-corrected chi connectivity index (χ4v) is 3.16. The predicted molar refractivity (Wildman–Crippen MR) is 100 cm³/mol. The van der Waals surface area contributed by atoms with E-state index in [0.29, 0.717) is 10.2 Å². The molecule has 0 saturated carbocycles. The molecule has 24 heavy (non-hydrogen) atoms. The maximum Gasteiger partial charge on any atom is 0.258 e. The van der Waals surface area contributed by atoms with Gasteiger partial charge in [-0.15, -0.1) is 0 Å². The zero-order valence-corrected chi connectivity index (χ0v) is 14.8. The Bertz CT molecular complexity index is 794. The standard InChI is InChI=1S/C18H22N4OS/c1-13-12-14(20-17(23)15-4-3-7-19-18(15)24)5-6-16(13)22-10-8-21(2)9-11-22/h3-7,12H,8-11H2,1-2H3,(H,19,24)(H,20,23). The van der Waals surface area contributed by atoms with Crippen LogP contribution in [0.3, 0.4) is 0 Å². The molecule has 1 saturated heterocycles. The normalized spacial score (nSPS) is 15.3. The van der Waals surface area contributed by atoms with Crippen LogP contribution in [0.1, 0.15) is 15.9 Å². The lowest BCUT2D eigenvalue weighted by molar-refractivity contribution is 0.102. The van der Waals surface area contributed by atoms with E-state index in [2.05, 4.69) is 40.1 Å². The van der Waals surface area contributed by atoms with Gasteiger partial charge in [-0.05, 0) is 49.9 Å². The number of aromatic amines is 1. The third-order valence-corrected chi connectivity index (χ3v) is 4.70. The Kier molecular flexibility index (Phi) is 4.97. The first-order valence-corrected chi connectivity index (χ1v) is 8.48. The van der Waals surface area contributed by atoms with Gasteiger partial charge in [0, 0.05) is 43.8 Å². The molecule has 126 valence electrons. The number of rotatable bonds is 3. The molecular weight excluding hydrogens is 320 g/mol. The molecule has 2 N–H and O–H groups in total. The van der Waals surface area contributed by atoms with Crippen LogP contribution in [0.15, 0.2) is 36.5 Å². The Hall–Kier alpha value is -2.18. The van der Waals surface area contributed by atoms with Crippen LogP contribution in [0.2, 0.25) is 0 Å². The van der Waals surface area contributed by atoms with E-state index in [-0.39, 0.29) is 5.91 Å². The van der Waals surface area contributed by atoms with Gasteiger partial charge in [-0.3, -0.25) is 4.79 Å². The van der Waals surface area contributed by atoms with E-state index < -0.39 is 0 Å². The molecule has 0 aliphatic carbocycles. The van der Waals surface area contributed by atoms with E-state index in [1.54, 1.807) is 18.3 Å². The Morgan fingerprint density at radius 2 is 1.96 bits per heavy atom. The maximum absolute atomic E-state index is 12.4. The quantitative estimate of drug-likeness (QED) is 0.842. The third kappa shape index (κ3) is 3.66. The summed E-state index contributed by atoms with van der Waals surface area (Å²) in [4.78, 5) is 20.0. The largest absolute Gasteiger partial charge is 0.369 e. The topological polar surface area (TPSA) is 51.4 Å². The number of piperazine rings is 1. The van der Waals surface area contributed by atoms with Crippen LogP contribution in [0, 0.1) is 11.6 Å². The second-order valence-corrected chi connectivity index (χ2v) is 6.57. The number of likely N-dealkylation sites (N-methyl/N-ethyl adjacent to an activating group) is 1. The van der Waals surface area contributed by atoms with Crippen LogP contribution in [0.5, 0.6) is 0 Å². The van der Waals surface area contributed by atoms with E-state index in [0.717, 1.165) is 37.4 Å². The van der Waals surface area contributed by atoms with Crippen LogP contribution in [-0.4, -0.2) is 49.0 Å². The number of aromatic nitrogens is 1. The van der Waals surface area contributed by atoms with Crippen molar-refractivity contribution in [3.05, 3.63) is 52.3 Å². The number of carbonyl (C=O) groups is 1. The molecule has 1 aromatic heterocycles. The van der Waals surface area contributed by atoms with Crippen molar-refractivity contribution in [2.24, 2.45) is 0 Å². The van der Waals surface area contributed by atoms with Crippen LogP contribution < -0.4 is 10.2 Å². The van der Waals surface area contributed by atoms with Crippen molar-refractivity contribution in [1.82, 2.24) is 9.88 Å². The number of hydrogen-bond acceptors (Lipinski definition) is 4. The lowest BCUT2D eigenvalue weighted by Gasteiger charge is -2.35. The molecular formula is C18H22N4OS. The minimum absolute atomic E-state index is 0.191. The van der Waals surface area contributed by atoms with Gasteiger partial charge in [0.15, 0.2) is 0 Å². The molecule has 2 heterocycles. The number of hydrogen-bond donors (Lipinski definition) is 2. The summed E-state index contributed by atoms with van der Waals surface area (Å²) in [6.07, 6.45) is 1.72. The van der Waals surface area contributed by atoms with Gasteiger partial charge in [0.05, 0.1) is 5.56 Å². The summed E-state index contributed by atoms with van der Waals surface area (Å²) >= 11 is 5.16. The van der Waals surface area contributed by atoms with Gasteiger partial charge in [-0.25, -0.2) is 0 Å². The van der Waals surface area contributed by atoms with Crippen molar-refractivity contribution in [3.8, 4) is 0 Å². The zero-order valence-electron chi connectivity index (χ0n) is 14.0. The molecule has 3 rings (SSSR count). The van der Waals surface area contributed by atoms with E-state index >= 15 is 0 Å². The van der Waals surface area contributed by atoms with Crippen molar-refractivity contribution in [2.75, 3.05) is 43.4 Å². The number of pyridine rings is 1. The van der Waals surface area contributed by atoms with Gasteiger partial charge in [0.2, 0.25) is 0 Å². The molecule has 1 aromatic carbocycles. The molecule has 1 aliphatic rings. The first-order valence-electron chi connectivity index (χ1n) is 8.08. The number of nitrogens with one attached hydrogen (secondary N) is 2. The summed E-state index contributed by atoms with van der Waals surface area (Å²) in [5.41, 5.74) is 3.66. The van der Waals surface area contributed by atoms with Crippen molar-refractivity contribution in [3.63, 3.8) is 0 Å². The van der Waals surface area contributed by atoms with Crippen molar-refractivity contribution >= 4 is 29.5 Å². The highest BCUT2D eigenvalue weighted by Crippen LogP contribution is 2.25. The van der Waals surface area contributed by atoms with Gasteiger partial charge < -0.3 is 20.1 Å². The number of H-pyrrole nitrogens is 1. The molecule has 5 nitrogen and oxygen atoms in total. The molecule has 2 aromatic rings. The molecule has 0 bridgehead atoms. The minimum Gasteiger partial charge on any atom is -0.369 e. The smallest absolute Gasteiger partial charge is 0.258 e. The number of carbonyl (C=O) groups excluding carboxylic acids is 1. The molecule has 0 radical (unpaired) electrons. The Morgan fingerprint density at radius 1 is 1.21 bits per heavy atom. The van der Waals surface area contributed by atoms with E-state index in [9.17, 15) is 4.79 Å². The summed E-state index contributed by atoms with van der Waals surface area (Å²) in [6.45, 7) is 6.29. The maximum atomic E-state index is 12.4. The van der Waals surface area contributed by atoms with Crippen LogP contribution >= 0.6 is 12.2 Å². The average Bonchev–Trinajstić information content (AvgIpc) is 2.56. The second kappa shape index (κ2) is 7.15. The highest BCUT2D eigenvalue weighted by molar-refractivity contribution is 7.71. The first-order chi connectivity index (χ1) is 11.5. The van der Waals surface area contributed by atoms with Crippen LogP contribution in [-0.2, 0) is 0 Å². The van der Waals surface area contributed by atoms with Crippen LogP contribution in [0.25, 0.3) is 0 Å². The van der Waals surface area contributed by atoms with E-state index in [1.807, 2.05) is 12.1 Å². The van der Waals surface area contributed by atoms with Crippen LogP contribution in [0.4, 0.5) is 11.4 Å². The Labute approximate surface area is 147 Å². The molecule has 0 unspecified atom stereocenters. The highest BCUT2D eigenvalue weighted by Gasteiger charge is 2.16. The van der Waals surface area contributed by atoms with Gasteiger partial charge >= 0.3 is 0 Å². The Morgan fingerprint density at radius 3 is 2.62 bits per heavy atom. The lowest BCUT2D eigenvalue weighted by Crippen LogP contribution is -2.44. The van der Waals surface area contributed by atoms with Gasteiger partial charge in [0.25, 0.3) is 5.91 Å². The van der Waals surface area contributed by atoms with Gasteiger partial charge in [-0.1, -0.05) is 12.2 Å². The van der Waals surface area contributed by atoms with Crippen molar-refractivity contribution < 1.29 is 4.79 Å². The molecule has 0 spiro atoms. The fourth-order valence-electron chi connectivity index (χ4n) is 2.93. The van der Waals surface area contributed by atoms with Gasteiger partial charge in [0.1, 0.15) is 4.64 Å². The average molecular weight is 342 g/mol. The fraction of sp³-hybridized carbons (Fsp3) is 0.333. The summed E-state index contributed by atoms with van der Waals surface area (Å²) in [5.74, 6) is -0.191. The molecule has 1 fully saturated rings. The summed E-state index contributed by atoms with van der Waals surface area (Å²) in [7, 11) is 2.15. The minimum atomic E-state index is -0.191. The SMILES string of the molecule is Cc1cc(NC(=O)c2ccc[nH]c2=S)ccc1N1CCN(C)CC1. The molecule has 0 atom stereocenters. The predicted octanol–water partition coefficient (Wildman–Crippen LogP) is 3.06. The lowest BCUT2D eigenvalue weighted by atomic mass is 10.1. The summed E-state index contributed by atoms with van der Waals surface area (Å²) in [6, 6.07) is 9.55. The number of anilines is 2. The number of amides is 1. The second-order valence-electron chi connectivity index (χ2n) is 6.16. The van der Waals surface area contributed by atoms with Gasteiger partial charge in [-0.2, -0.15) is 0 Å². The molecule has 6 heteroatoms. The summed E-state index contributed by atoms with van der Waals surface area (Å²) < 4.78 is 0.445. The molecule has 1 aliphatic heterocycles. The highest BCUT2D eigenvalue weighted by atomic mass is 32.1. The Balaban J connectivity index is 1.74. The number of nitrogens with zero attached hydrogens (tertiary/aromatic N) is 2. The van der Waals surface area contributed by atoms with E-state index in [1.165, 1.54) is 5.69 Å². The number of benzene rings is 1. The molecule has 1 amide bonds. The van der Waals surface area contributed by atoms with Crippen molar-refractivity contribution in [1.29, 1.82) is 0 Å². The monoisotopic (exact) mass is 342 g/mol. The summed E-state index contributed by atoms with van der Waals surface area (Å²) in [5, 5.41) is 2.92. The zero-order chi connectivity index (χ0) is 17.1. The van der Waals surface area contributed by atoms with E-state index in [4.69, 9.17) is 12.2 Å².